The Morgan fingerprint density at radius 1 is 0.633 bits per heavy atom. The highest BCUT2D eigenvalue weighted by Gasteiger charge is 2.38. The minimum absolute atomic E-state index is 0.268. The number of carbonyl (C=O) groups excluding carboxylic acids is 3. The molecule has 0 unspecified atom stereocenters. The predicted octanol–water partition coefficient (Wildman–Crippen LogP) is 7.07. The van der Waals surface area contributed by atoms with E-state index in [0.717, 1.165) is 24.2 Å². The molecule has 0 N–H and O–H groups in total. The Bertz CT molecular complexity index is 648. The van der Waals surface area contributed by atoms with Gasteiger partial charge in [-0.1, -0.05) is 109 Å². The summed E-state index contributed by atoms with van der Waals surface area (Å²) in [4.78, 5) is 37.8. The number of benzene rings is 1. The average Bonchev–Trinajstić information content (AvgIpc) is 3.01. The fraction of sp³-hybridized carbons (Fsp3) is 0.654. The maximum absolute atomic E-state index is 12.4. The van der Waals surface area contributed by atoms with E-state index in [2.05, 4.69) is 6.92 Å². The topological polar surface area (TPSA) is 54.5 Å². The molecule has 1 aromatic carbocycles. The maximum atomic E-state index is 12.4. The number of hydrogen-bond donors (Lipinski definition) is 0. The summed E-state index contributed by atoms with van der Waals surface area (Å²) in [7, 11) is 0. The van der Waals surface area contributed by atoms with Crippen LogP contribution in [0.2, 0.25) is 0 Å². The Kier molecular flexibility index (Phi) is 11.4. The van der Waals surface area contributed by atoms with Crippen molar-refractivity contribution in [1.82, 2.24) is 4.90 Å². The molecule has 0 saturated carbocycles. The van der Waals surface area contributed by atoms with Crippen LogP contribution in [0.1, 0.15) is 130 Å². The first-order valence-electron chi connectivity index (χ1n) is 12.2. The number of hydrogen-bond acceptors (Lipinski definition) is 3. The lowest BCUT2D eigenvalue weighted by Crippen LogP contribution is -2.35. The second-order valence-electron chi connectivity index (χ2n) is 8.58. The van der Waals surface area contributed by atoms with Gasteiger partial charge in [-0.3, -0.25) is 14.4 Å². The molecule has 0 aliphatic carbocycles. The van der Waals surface area contributed by atoms with Crippen LogP contribution < -0.4 is 0 Å². The van der Waals surface area contributed by atoms with Gasteiger partial charge in [0.15, 0.2) is 0 Å². The van der Waals surface area contributed by atoms with Crippen molar-refractivity contribution in [2.75, 3.05) is 0 Å². The molecule has 0 fully saturated rings. The number of unbranched alkanes of at least 4 members (excludes halogenated alkanes) is 14. The van der Waals surface area contributed by atoms with Crippen LogP contribution in [0.5, 0.6) is 0 Å². The molecule has 0 aromatic heterocycles. The van der Waals surface area contributed by atoms with Gasteiger partial charge in [0.25, 0.3) is 11.8 Å². The Balaban J connectivity index is 1.44. The summed E-state index contributed by atoms with van der Waals surface area (Å²) in [5.41, 5.74) is 0.680. The fourth-order valence-corrected chi connectivity index (χ4v) is 4.18. The van der Waals surface area contributed by atoms with Crippen molar-refractivity contribution >= 4 is 17.7 Å². The molecule has 4 nitrogen and oxygen atoms in total. The van der Waals surface area contributed by atoms with Crippen LogP contribution in [0.4, 0.5) is 0 Å². The lowest BCUT2D eigenvalue weighted by molar-refractivity contribution is -0.126. The summed E-state index contributed by atoms with van der Waals surface area (Å²) in [6, 6.07) is 6.65. The van der Waals surface area contributed by atoms with Crippen molar-refractivity contribution < 1.29 is 14.4 Å². The molecule has 0 atom stereocenters. The molecule has 1 aromatic rings. The van der Waals surface area contributed by atoms with Crippen molar-refractivity contribution in [3.05, 3.63) is 35.4 Å². The molecular formula is C26H39NO3. The molecular weight excluding hydrogens is 374 g/mol. The average molecular weight is 414 g/mol. The quantitative estimate of drug-likeness (QED) is 0.215. The van der Waals surface area contributed by atoms with Crippen molar-refractivity contribution in [3.8, 4) is 0 Å². The van der Waals surface area contributed by atoms with E-state index in [9.17, 15) is 14.4 Å². The van der Waals surface area contributed by atoms with E-state index in [4.69, 9.17) is 0 Å². The zero-order chi connectivity index (χ0) is 21.6. The van der Waals surface area contributed by atoms with Crippen molar-refractivity contribution in [2.45, 2.75) is 110 Å². The molecule has 1 heterocycles. The molecule has 1 aliphatic rings. The molecule has 0 spiro atoms. The van der Waals surface area contributed by atoms with Gasteiger partial charge in [-0.05, 0) is 18.6 Å². The molecule has 30 heavy (non-hydrogen) atoms. The highest BCUT2D eigenvalue weighted by atomic mass is 16.2. The van der Waals surface area contributed by atoms with E-state index in [1.807, 2.05) is 0 Å². The van der Waals surface area contributed by atoms with Gasteiger partial charge in [-0.15, -0.1) is 0 Å². The van der Waals surface area contributed by atoms with Gasteiger partial charge >= 0.3 is 0 Å². The summed E-state index contributed by atoms with van der Waals surface area (Å²) >= 11 is 0. The normalized spacial score (nSPS) is 13.2. The van der Waals surface area contributed by atoms with Crippen LogP contribution in [0.3, 0.4) is 0 Å². The van der Waals surface area contributed by atoms with E-state index in [1.54, 1.807) is 24.3 Å². The molecule has 0 bridgehead atoms. The van der Waals surface area contributed by atoms with Gasteiger partial charge in [0.1, 0.15) is 0 Å². The number of amides is 3. The SMILES string of the molecule is CCCCCCCCCCCCCCCCCC(=O)N1C(=O)c2ccccc2C1=O. The van der Waals surface area contributed by atoms with E-state index >= 15 is 0 Å². The lowest BCUT2D eigenvalue weighted by Gasteiger charge is -2.11. The van der Waals surface area contributed by atoms with Gasteiger partial charge in [0, 0.05) is 6.42 Å². The maximum Gasteiger partial charge on any atom is 0.268 e. The number of fused-ring (bicyclic) bond motifs is 1. The highest BCUT2D eigenvalue weighted by molar-refractivity contribution is 6.28. The second kappa shape index (κ2) is 14.1. The molecule has 2 rings (SSSR count). The summed E-state index contributed by atoms with van der Waals surface area (Å²) in [6.07, 6.45) is 19.3. The minimum atomic E-state index is -0.471. The third kappa shape index (κ3) is 7.70. The van der Waals surface area contributed by atoms with Crippen LogP contribution in [-0.4, -0.2) is 22.6 Å². The summed E-state index contributed by atoms with van der Waals surface area (Å²) in [6.45, 7) is 2.26. The first kappa shape index (κ1) is 24.3. The van der Waals surface area contributed by atoms with Crippen LogP contribution in [0.25, 0.3) is 0 Å². The van der Waals surface area contributed by atoms with Crippen molar-refractivity contribution in [2.24, 2.45) is 0 Å². The first-order chi connectivity index (χ1) is 14.7. The Morgan fingerprint density at radius 2 is 1.00 bits per heavy atom. The van der Waals surface area contributed by atoms with Crippen molar-refractivity contribution in [1.29, 1.82) is 0 Å². The van der Waals surface area contributed by atoms with E-state index in [-0.39, 0.29) is 12.3 Å². The minimum Gasteiger partial charge on any atom is -0.274 e. The molecule has 1 aliphatic heterocycles. The smallest absolute Gasteiger partial charge is 0.268 e. The summed E-state index contributed by atoms with van der Waals surface area (Å²) in [5.74, 6) is -1.31. The molecule has 4 heteroatoms. The van der Waals surface area contributed by atoms with Crippen LogP contribution >= 0.6 is 0 Å². The standard InChI is InChI=1S/C26H39NO3/c1-2-3-4-5-6-7-8-9-10-11-12-13-14-15-16-21-24(28)27-25(29)22-19-17-18-20-23(22)26(27)30/h17-20H,2-16,21H2,1H3. The van der Waals surface area contributed by atoms with E-state index in [0.29, 0.717) is 11.1 Å². The molecule has 0 radical (unpaired) electrons. The monoisotopic (exact) mass is 413 g/mol. The van der Waals surface area contributed by atoms with Crippen LogP contribution in [-0.2, 0) is 4.79 Å². The van der Waals surface area contributed by atoms with E-state index in [1.165, 1.54) is 77.0 Å². The third-order valence-electron chi connectivity index (χ3n) is 6.04. The predicted molar refractivity (Wildman–Crippen MR) is 121 cm³/mol. The summed E-state index contributed by atoms with van der Waals surface area (Å²) in [5, 5.41) is 0. The number of carbonyl (C=O) groups is 3. The zero-order valence-electron chi connectivity index (χ0n) is 18.8. The molecule has 0 saturated heterocycles. The summed E-state index contributed by atoms with van der Waals surface area (Å²) < 4.78 is 0. The van der Waals surface area contributed by atoms with E-state index < -0.39 is 11.8 Å². The van der Waals surface area contributed by atoms with Gasteiger partial charge in [0.2, 0.25) is 5.91 Å². The van der Waals surface area contributed by atoms with Gasteiger partial charge in [0.05, 0.1) is 11.1 Å². The number of nitrogens with zero attached hydrogens (tertiary/aromatic N) is 1. The number of rotatable bonds is 16. The Hall–Kier alpha value is -1.97. The second-order valence-corrected chi connectivity index (χ2v) is 8.58. The van der Waals surface area contributed by atoms with Crippen LogP contribution in [0.15, 0.2) is 24.3 Å². The largest absolute Gasteiger partial charge is 0.274 e. The molecule has 3 amide bonds. The van der Waals surface area contributed by atoms with Gasteiger partial charge in [-0.25, -0.2) is 4.90 Å². The molecule has 166 valence electrons. The third-order valence-corrected chi connectivity index (χ3v) is 6.04. The number of imide groups is 3. The Morgan fingerprint density at radius 3 is 1.40 bits per heavy atom. The van der Waals surface area contributed by atoms with Gasteiger partial charge in [-0.2, -0.15) is 0 Å². The lowest BCUT2D eigenvalue weighted by atomic mass is 10.0. The van der Waals surface area contributed by atoms with Gasteiger partial charge < -0.3 is 0 Å². The van der Waals surface area contributed by atoms with Crippen molar-refractivity contribution in [3.63, 3.8) is 0 Å². The van der Waals surface area contributed by atoms with Crippen LogP contribution in [0, 0.1) is 0 Å². The zero-order valence-corrected chi connectivity index (χ0v) is 18.8. The fourth-order valence-electron chi connectivity index (χ4n) is 4.18. The first-order valence-corrected chi connectivity index (χ1v) is 12.2. The highest BCUT2D eigenvalue weighted by Crippen LogP contribution is 2.23. The Labute approximate surface area is 182 Å².